The fourth-order valence-electron chi connectivity index (χ4n) is 4.22. The number of aryl methyl sites for hydroxylation is 1. The Bertz CT molecular complexity index is 927. The molecule has 0 aliphatic heterocycles. The number of benzene rings is 2. The van der Waals surface area contributed by atoms with Gasteiger partial charge in [-0.25, -0.2) is 0 Å². The number of hydrogen-bond acceptors (Lipinski definition) is 4. The first-order valence-electron chi connectivity index (χ1n) is 11.8. The van der Waals surface area contributed by atoms with Gasteiger partial charge in [0.1, 0.15) is 11.8 Å². The number of nitrogens with zero attached hydrogens (tertiary/aromatic N) is 1. The van der Waals surface area contributed by atoms with Gasteiger partial charge >= 0.3 is 0 Å². The standard InChI is InChI=1S/C27H36N2O3S/c1-20-10-7-8-12-23(20)18-33-19-26(30)29(17-22-11-9-15-25(16-22)32-3)21(2)27(31)28-24-13-5-4-6-14-24/h7-12,15-16,21,24H,4-6,13-14,17-19H2,1-3H3,(H,28,31)/t21-/m0/s1. The summed E-state index contributed by atoms with van der Waals surface area (Å²) in [4.78, 5) is 28.1. The largest absolute Gasteiger partial charge is 0.497 e. The van der Waals surface area contributed by atoms with Crippen molar-refractivity contribution < 1.29 is 14.3 Å². The molecular formula is C27H36N2O3S. The Labute approximate surface area is 202 Å². The Morgan fingerprint density at radius 2 is 1.88 bits per heavy atom. The van der Waals surface area contributed by atoms with Gasteiger partial charge in [0, 0.05) is 18.3 Å². The van der Waals surface area contributed by atoms with Crippen LogP contribution < -0.4 is 10.1 Å². The molecule has 2 aromatic carbocycles. The lowest BCUT2D eigenvalue weighted by Crippen LogP contribution is -2.50. The van der Waals surface area contributed by atoms with Crippen LogP contribution in [0.5, 0.6) is 5.75 Å². The molecule has 1 aliphatic carbocycles. The quantitative estimate of drug-likeness (QED) is 0.527. The monoisotopic (exact) mass is 468 g/mol. The van der Waals surface area contributed by atoms with Crippen LogP contribution in [0.2, 0.25) is 0 Å². The molecule has 2 amide bonds. The zero-order valence-electron chi connectivity index (χ0n) is 20.0. The van der Waals surface area contributed by atoms with Gasteiger partial charge in [-0.3, -0.25) is 9.59 Å². The Kier molecular flexibility index (Phi) is 9.67. The summed E-state index contributed by atoms with van der Waals surface area (Å²) in [7, 11) is 1.63. The SMILES string of the molecule is COc1cccc(CN(C(=O)CSCc2ccccc2C)[C@@H](C)C(=O)NC2CCCCC2)c1. The lowest BCUT2D eigenvalue weighted by molar-refractivity contribution is -0.139. The summed E-state index contributed by atoms with van der Waals surface area (Å²) in [5, 5.41) is 3.19. The van der Waals surface area contributed by atoms with Crippen LogP contribution in [0.15, 0.2) is 48.5 Å². The van der Waals surface area contributed by atoms with Crippen LogP contribution in [-0.4, -0.2) is 41.7 Å². The molecule has 1 atom stereocenters. The summed E-state index contributed by atoms with van der Waals surface area (Å²) in [6, 6.07) is 15.6. The van der Waals surface area contributed by atoms with Gasteiger partial charge in [0.2, 0.25) is 11.8 Å². The predicted molar refractivity (Wildman–Crippen MR) is 135 cm³/mol. The highest BCUT2D eigenvalue weighted by Crippen LogP contribution is 2.21. The van der Waals surface area contributed by atoms with E-state index < -0.39 is 6.04 Å². The molecule has 178 valence electrons. The fourth-order valence-corrected chi connectivity index (χ4v) is 5.21. The Morgan fingerprint density at radius 1 is 1.12 bits per heavy atom. The molecule has 1 fully saturated rings. The minimum Gasteiger partial charge on any atom is -0.497 e. The summed E-state index contributed by atoms with van der Waals surface area (Å²) < 4.78 is 5.34. The van der Waals surface area contributed by atoms with E-state index in [1.807, 2.05) is 43.3 Å². The lowest BCUT2D eigenvalue weighted by atomic mass is 9.95. The molecular weight excluding hydrogens is 432 g/mol. The summed E-state index contributed by atoms with van der Waals surface area (Å²) in [5.41, 5.74) is 3.41. The number of carbonyl (C=O) groups excluding carboxylic acids is 2. The maximum absolute atomic E-state index is 13.3. The average Bonchev–Trinajstić information content (AvgIpc) is 2.84. The lowest BCUT2D eigenvalue weighted by Gasteiger charge is -2.31. The fraction of sp³-hybridized carbons (Fsp3) is 0.481. The van der Waals surface area contributed by atoms with E-state index >= 15 is 0 Å². The van der Waals surface area contributed by atoms with Crippen molar-refractivity contribution in [2.45, 2.75) is 70.3 Å². The van der Waals surface area contributed by atoms with Crippen LogP contribution in [0.4, 0.5) is 0 Å². The number of methoxy groups -OCH3 is 1. The molecule has 3 rings (SSSR count). The normalized spacial score (nSPS) is 15.0. The Morgan fingerprint density at radius 3 is 2.61 bits per heavy atom. The van der Waals surface area contributed by atoms with Crippen molar-refractivity contribution in [3.8, 4) is 5.75 Å². The van der Waals surface area contributed by atoms with E-state index in [4.69, 9.17) is 4.74 Å². The molecule has 0 aromatic heterocycles. The van der Waals surface area contributed by atoms with E-state index in [1.54, 1.807) is 23.8 Å². The second kappa shape index (κ2) is 12.7. The van der Waals surface area contributed by atoms with Gasteiger partial charge in [-0.15, -0.1) is 11.8 Å². The number of carbonyl (C=O) groups is 2. The van der Waals surface area contributed by atoms with Crippen molar-refractivity contribution in [2.75, 3.05) is 12.9 Å². The van der Waals surface area contributed by atoms with Crippen LogP contribution >= 0.6 is 11.8 Å². The van der Waals surface area contributed by atoms with Gasteiger partial charge in [-0.1, -0.05) is 55.7 Å². The maximum atomic E-state index is 13.3. The third kappa shape index (κ3) is 7.53. The summed E-state index contributed by atoms with van der Waals surface area (Å²) in [6.07, 6.45) is 5.59. The smallest absolute Gasteiger partial charge is 0.242 e. The van der Waals surface area contributed by atoms with Crippen LogP contribution in [-0.2, 0) is 21.9 Å². The van der Waals surface area contributed by atoms with Gasteiger partial charge in [-0.05, 0) is 55.5 Å². The molecule has 0 heterocycles. The highest BCUT2D eigenvalue weighted by molar-refractivity contribution is 7.99. The molecule has 0 spiro atoms. The van der Waals surface area contributed by atoms with Gasteiger partial charge in [0.25, 0.3) is 0 Å². The van der Waals surface area contributed by atoms with E-state index in [0.717, 1.165) is 42.7 Å². The second-order valence-corrected chi connectivity index (χ2v) is 9.80. The predicted octanol–water partition coefficient (Wildman–Crippen LogP) is 5.10. The molecule has 2 aromatic rings. The first-order chi connectivity index (χ1) is 16.0. The van der Waals surface area contributed by atoms with Crippen molar-refractivity contribution >= 4 is 23.6 Å². The average molecular weight is 469 g/mol. The van der Waals surface area contributed by atoms with Crippen molar-refractivity contribution in [2.24, 2.45) is 0 Å². The van der Waals surface area contributed by atoms with Gasteiger partial charge < -0.3 is 15.0 Å². The third-order valence-electron chi connectivity index (χ3n) is 6.35. The van der Waals surface area contributed by atoms with Crippen molar-refractivity contribution in [3.63, 3.8) is 0 Å². The molecule has 1 saturated carbocycles. The molecule has 0 unspecified atom stereocenters. The second-order valence-electron chi connectivity index (χ2n) is 8.81. The van der Waals surface area contributed by atoms with E-state index in [9.17, 15) is 9.59 Å². The number of ether oxygens (including phenoxy) is 1. The molecule has 0 bridgehead atoms. The third-order valence-corrected chi connectivity index (χ3v) is 7.32. The van der Waals surface area contributed by atoms with Crippen molar-refractivity contribution in [1.29, 1.82) is 0 Å². The Hall–Kier alpha value is -2.47. The molecule has 0 radical (unpaired) electrons. The maximum Gasteiger partial charge on any atom is 0.242 e. The van der Waals surface area contributed by atoms with Crippen LogP contribution in [0, 0.1) is 6.92 Å². The topological polar surface area (TPSA) is 58.6 Å². The highest BCUT2D eigenvalue weighted by Gasteiger charge is 2.28. The minimum atomic E-state index is -0.537. The molecule has 33 heavy (non-hydrogen) atoms. The first kappa shape index (κ1) is 25.2. The summed E-state index contributed by atoms with van der Waals surface area (Å²) in [5.74, 6) is 1.76. The zero-order chi connectivity index (χ0) is 23.6. The molecule has 5 nitrogen and oxygen atoms in total. The first-order valence-corrected chi connectivity index (χ1v) is 13.0. The molecule has 0 saturated heterocycles. The summed E-state index contributed by atoms with van der Waals surface area (Å²) in [6.45, 7) is 4.30. The van der Waals surface area contributed by atoms with Crippen LogP contribution in [0.1, 0.15) is 55.7 Å². The van der Waals surface area contributed by atoms with E-state index in [2.05, 4.69) is 24.4 Å². The van der Waals surface area contributed by atoms with E-state index in [1.165, 1.54) is 17.5 Å². The van der Waals surface area contributed by atoms with Gasteiger partial charge in [0.15, 0.2) is 0 Å². The Balaban J connectivity index is 1.68. The zero-order valence-corrected chi connectivity index (χ0v) is 20.8. The minimum absolute atomic E-state index is 0.0253. The molecule has 1 aliphatic rings. The number of thioether (sulfide) groups is 1. The number of nitrogens with one attached hydrogen (secondary N) is 1. The van der Waals surface area contributed by atoms with Crippen LogP contribution in [0.3, 0.4) is 0 Å². The highest BCUT2D eigenvalue weighted by atomic mass is 32.2. The number of amides is 2. The van der Waals surface area contributed by atoms with Crippen molar-refractivity contribution in [3.05, 3.63) is 65.2 Å². The van der Waals surface area contributed by atoms with Crippen molar-refractivity contribution in [1.82, 2.24) is 10.2 Å². The number of hydrogen-bond donors (Lipinski definition) is 1. The number of rotatable bonds is 10. The summed E-state index contributed by atoms with van der Waals surface area (Å²) >= 11 is 1.59. The van der Waals surface area contributed by atoms with E-state index in [-0.39, 0.29) is 17.9 Å². The molecule has 1 N–H and O–H groups in total. The van der Waals surface area contributed by atoms with Crippen LogP contribution in [0.25, 0.3) is 0 Å². The van der Waals surface area contributed by atoms with Gasteiger partial charge in [-0.2, -0.15) is 0 Å². The van der Waals surface area contributed by atoms with Gasteiger partial charge in [0.05, 0.1) is 12.9 Å². The van der Waals surface area contributed by atoms with E-state index in [0.29, 0.717) is 12.3 Å². The molecule has 6 heteroatoms.